The number of rotatable bonds is 9. The highest BCUT2D eigenvalue weighted by molar-refractivity contribution is 5.96. The van der Waals surface area contributed by atoms with Crippen LogP contribution < -0.4 is 20.2 Å². The molecule has 2 aromatic rings. The van der Waals surface area contributed by atoms with Crippen molar-refractivity contribution in [1.82, 2.24) is 5.43 Å². The van der Waals surface area contributed by atoms with Crippen LogP contribution in [-0.2, 0) is 4.79 Å². The van der Waals surface area contributed by atoms with Gasteiger partial charge in [-0.05, 0) is 55.0 Å². The topological polar surface area (TPSA) is 89.0 Å². The lowest BCUT2D eigenvalue weighted by Gasteiger charge is -2.11. The van der Waals surface area contributed by atoms with Crippen molar-refractivity contribution in [2.24, 2.45) is 5.10 Å². The second-order valence-electron chi connectivity index (χ2n) is 5.70. The van der Waals surface area contributed by atoms with Crippen LogP contribution in [0.4, 0.5) is 5.69 Å². The fraction of sp³-hybridized carbons (Fsp3) is 0.190. The van der Waals surface area contributed by atoms with Crippen LogP contribution in [0.3, 0.4) is 0 Å². The Labute approximate surface area is 164 Å². The summed E-state index contributed by atoms with van der Waals surface area (Å²) < 4.78 is 11.1. The van der Waals surface area contributed by atoms with E-state index in [1.165, 1.54) is 13.1 Å². The fourth-order valence-electron chi connectivity index (χ4n) is 2.28. The smallest absolute Gasteiger partial charge is 0.271 e. The first-order valence-electron chi connectivity index (χ1n) is 8.75. The number of anilines is 1. The van der Waals surface area contributed by atoms with Crippen molar-refractivity contribution >= 4 is 23.7 Å². The van der Waals surface area contributed by atoms with Crippen LogP contribution in [-0.4, -0.2) is 31.2 Å². The highest BCUT2D eigenvalue weighted by Gasteiger charge is 2.07. The van der Waals surface area contributed by atoms with Gasteiger partial charge in [-0.3, -0.25) is 9.59 Å². The Hall–Kier alpha value is -3.61. The molecule has 28 heavy (non-hydrogen) atoms. The van der Waals surface area contributed by atoms with E-state index in [1.807, 2.05) is 6.92 Å². The van der Waals surface area contributed by atoms with Crippen LogP contribution in [0.15, 0.2) is 60.2 Å². The van der Waals surface area contributed by atoms with Gasteiger partial charge < -0.3 is 14.8 Å². The van der Waals surface area contributed by atoms with Crippen LogP contribution in [0.2, 0.25) is 0 Å². The van der Waals surface area contributed by atoms with E-state index in [-0.39, 0.29) is 11.8 Å². The Bertz CT molecular complexity index is 860. The Kier molecular flexibility index (Phi) is 7.77. The summed E-state index contributed by atoms with van der Waals surface area (Å²) in [6.07, 6.45) is 3.17. The van der Waals surface area contributed by atoms with Gasteiger partial charge in [-0.15, -0.1) is 0 Å². The summed E-state index contributed by atoms with van der Waals surface area (Å²) in [5.74, 6) is 0.672. The monoisotopic (exact) mass is 381 g/mol. The van der Waals surface area contributed by atoms with Crippen LogP contribution in [0.25, 0.3) is 0 Å². The number of ether oxygens (including phenoxy) is 2. The highest BCUT2D eigenvalue weighted by Crippen LogP contribution is 2.28. The summed E-state index contributed by atoms with van der Waals surface area (Å²) in [7, 11) is 0. The molecule has 0 aliphatic carbocycles. The number of hydrazone groups is 1. The molecular formula is C21H23N3O4. The normalized spacial score (nSPS) is 10.4. The minimum atomic E-state index is -0.360. The van der Waals surface area contributed by atoms with Crippen molar-refractivity contribution in [2.75, 3.05) is 18.5 Å². The zero-order valence-electron chi connectivity index (χ0n) is 15.9. The van der Waals surface area contributed by atoms with Gasteiger partial charge in [-0.1, -0.05) is 12.7 Å². The van der Waals surface area contributed by atoms with E-state index in [4.69, 9.17) is 9.47 Å². The quantitative estimate of drug-likeness (QED) is 0.396. The zero-order chi connectivity index (χ0) is 20.4. The van der Waals surface area contributed by atoms with Gasteiger partial charge in [0.05, 0.1) is 12.8 Å². The molecule has 0 fully saturated rings. The van der Waals surface area contributed by atoms with Crippen molar-refractivity contribution < 1.29 is 19.1 Å². The first-order valence-corrected chi connectivity index (χ1v) is 8.75. The Morgan fingerprint density at radius 3 is 2.50 bits per heavy atom. The first-order chi connectivity index (χ1) is 13.5. The summed E-state index contributed by atoms with van der Waals surface area (Å²) in [5, 5.41) is 6.62. The second-order valence-corrected chi connectivity index (χ2v) is 5.70. The van der Waals surface area contributed by atoms with E-state index in [0.717, 1.165) is 5.56 Å². The predicted molar refractivity (Wildman–Crippen MR) is 109 cm³/mol. The summed E-state index contributed by atoms with van der Waals surface area (Å²) in [6, 6.07) is 11.9. The van der Waals surface area contributed by atoms with Crippen molar-refractivity contribution in [3.63, 3.8) is 0 Å². The molecule has 146 valence electrons. The van der Waals surface area contributed by atoms with Crippen molar-refractivity contribution in [3.05, 3.63) is 66.2 Å². The van der Waals surface area contributed by atoms with E-state index in [2.05, 4.69) is 22.4 Å². The molecule has 7 nitrogen and oxygen atoms in total. The predicted octanol–water partition coefficient (Wildman–Crippen LogP) is 3.37. The second kappa shape index (κ2) is 10.5. The van der Waals surface area contributed by atoms with Gasteiger partial charge in [0.2, 0.25) is 5.91 Å². The first kappa shape index (κ1) is 20.7. The number of benzene rings is 2. The number of nitrogens with one attached hydrogen (secondary N) is 2. The highest BCUT2D eigenvalue weighted by atomic mass is 16.5. The fourth-order valence-corrected chi connectivity index (χ4v) is 2.28. The largest absolute Gasteiger partial charge is 0.490 e. The standard InChI is InChI=1S/C21H23N3O4/c1-4-12-28-19-11-6-16(13-20(19)27-5-2)14-22-24-21(26)17-7-9-18(10-8-17)23-15(3)25/h4,6-11,13-14H,1,5,12H2,2-3H3,(H,23,25)(H,24,26)/b22-14-. The molecule has 0 unspecified atom stereocenters. The molecule has 0 heterocycles. The third-order valence-corrected chi connectivity index (χ3v) is 3.47. The molecule has 0 radical (unpaired) electrons. The molecule has 0 spiro atoms. The Morgan fingerprint density at radius 2 is 1.86 bits per heavy atom. The molecule has 0 saturated heterocycles. The number of hydrogen-bond donors (Lipinski definition) is 2. The van der Waals surface area contributed by atoms with E-state index >= 15 is 0 Å². The molecule has 7 heteroatoms. The van der Waals surface area contributed by atoms with Gasteiger partial charge >= 0.3 is 0 Å². The van der Waals surface area contributed by atoms with Gasteiger partial charge in [0.25, 0.3) is 5.91 Å². The average molecular weight is 381 g/mol. The lowest BCUT2D eigenvalue weighted by Crippen LogP contribution is -2.17. The molecular weight excluding hydrogens is 358 g/mol. The van der Waals surface area contributed by atoms with E-state index in [0.29, 0.717) is 36.0 Å². The SMILES string of the molecule is C=CCOc1ccc(/C=N\NC(=O)c2ccc(NC(C)=O)cc2)cc1OCC. The van der Waals surface area contributed by atoms with Crippen LogP contribution >= 0.6 is 0 Å². The molecule has 0 aliphatic heterocycles. The molecule has 0 atom stereocenters. The van der Waals surface area contributed by atoms with Crippen molar-refractivity contribution in [2.45, 2.75) is 13.8 Å². The van der Waals surface area contributed by atoms with E-state index < -0.39 is 0 Å². The van der Waals surface area contributed by atoms with Crippen LogP contribution in [0.5, 0.6) is 11.5 Å². The van der Waals surface area contributed by atoms with Crippen molar-refractivity contribution in [3.8, 4) is 11.5 Å². The lowest BCUT2D eigenvalue weighted by molar-refractivity contribution is -0.114. The number of hydrogen-bond acceptors (Lipinski definition) is 5. The zero-order valence-corrected chi connectivity index (χ0v) is 15.9. The molecule has 2 amide bonds. The average Bonchev–Trinajstić information content (AvgIpc) is 2.67. The molecule has 2 N–H and O–H groups in total. The van der Waals surface area contributed by atoms with E-state index in [9.17, 15) is 9.59 Å². The lowest BCUT2D eigenvalue weighted by atomic mass is 10.2. The molecule has 0 saturated carbocycles. The molecule has 0 bridgehead atoms. The summed E-state index contributed by atoms with van der Waals surface area (Å²) in [6.45, 7) is 7.80. The summed E-state index contributed by atoms with van der Waals surface area (Å²) >= 11 is 0. The summed E-state index contributed by atoms with van der Waals surface area (Å²) in [5.41, 5.74) is 4.26. The number of nitrogens with zero attached hydrogens (tertiary/aromatic N) is 1. The molecule has 2 aromatic carbocycles. The van der Waals surface area contributed by atoms with Gasteiger partial charge in [-0.25, -0.2) is 5.43 Å². The Balaban J connectivity index is 2.00. The molecule has 0 aliphatic rings. The van der Waals surface area contributed by atoms with Crippen molar-refractivity contribution in [1.29, 1.82) is 0 Å². The minimum absolute atomic E-state index is 0.172. The maximum atomic E-state index is 12.1. The van der Waals surface area contributed by atoms with Crippen LogP contribution in [0, 0.1) is 0 Å². The van der Waals surface area contributed by atoms with Gasteiger partial charge in [-0.2, -0.15) is 5.10 Å². The van der Waals surface area contributed by atoms with Gasteiger partial charge in [0.1, 0.15) is 6.61 Å². The Morgan fingerprint density at radius 1 is 1.11 bits per heavy atom. The van der Waals surface area contributed by atoms with Gasteiger partial charge in [0.15, 0.2) is 11.5 Å². The van der Waals surface area contributed by atoms with E-state index in [1.54, 1.807) is 48.5 Å². The maximum absolute atomic E-state index is 12.1. The molecule has 2 rings (SSSR count). The molecule has 0 aromatic heterocycles. The minimum Gasteiger partial charge on any atom is -0.490 e. The number of carbonyl (C=O) groups excluding carboxylic acids is 2. The maximum Gasteiger partial charge on any atom is 0.271 e. The third kappa shape index (κ3) is 6.28. The number of carbonyl (C=O) groups is 2. The van der Waals surface area contributed by atoms with Gasteiger partial charge in [0, 0.05) is 18.2 Å². The third-order valence-electron chi connectivity index (χ3n) is 3.47. The van der Waals surface area contributed by atoms with Crippen LogP contribution in [0.1, 0.15) is 29.8 Å². The summed E-state index contributed by atoms with van der Waals surface area (Å²) in [4.78, 5) is 23.2. The number of amides is 2.